The zero-order chi connectivity index (χ0) is 25.5. The predicted octanol–water partition coefficient (Wildman–Crippen LogP) is 0.457. The summed E-state index contributed by atoms with van der Waals surface area (Å²) in [6.07, 6.45) is -5.14. The molecule has 0 spiro atoms. The van der Waals surface area contributed by atoms with Crippen LogP contribution in [0, 0.1) is 0 Å². The molecular weight excluding hydrogens is 464 g/mol. The number of rotatable bonds is 9. The van der Waals surface area contributed by atoms with Gasteiger partial charge in [-0.15, -0.1) is 0 Å². The fourth-order valence-electron chi connectivity index (χ4n) is 3.27. The molecule has 1 aliphatic rings. The minimum atomic E-state index is -1.65. The smallest absolute Gasteiger partial charge is 0.330 e. The molecule has 2 aromatic rings. The Kier molecular flexibility index (Phi) is 8.79. The second-order valence-corrected chi connectivity index (χ2v) is 7.82. The Bertz CT molecular complexity index is 1050. The third kappa shape index (κ3) is 7.01. The van der Waals surface area contributed by atoms with Crippen molar-refractivity contribution in [1.82, 2.24) is 0 Å². The quantitative estimate of drug-likeness (QED) is 0.124. The van der Waals surface area contributed by atoms with Crippen molar-refractivity contribution in [1.29, 1.82) is 0 Å². The van der Waals surface area contributed by atoms with Crippen LogP contribution in [-0.2, 0) is 19.0 Å². The molecule has 0 amide bonds. The molecule has 11 heteroatoms. The first-order valence-electron chi connectivity index (χ1n) is 10.7. The third-order valence-electron chi connectivity index (χ3n) is 5.27. The highest BCUT2D eigenvalue weighted by Crippen LogP contribution is 2.26. The van der Waals surface area contributed by atoms with Crippen molar-refractivity contribution in [2.75, 3.05) is 13.2 Å². The van der Waals surface area contributed by atoms with E-state index in [9.17, 15) is 40.2 Å². The van der Waals surface area contributed by atoms with Crippen LogP contribution < -0.4 is 0 Å². The monoisotopic (exact) mass is 490 g/mol. The van der Waals surface area contributed by atoms with Crippen molar-refractivity contribution in [3.63, 3.8) is 0 Å². The predicted molar refractivity (Wildman–Crippen MR) is 119 cm³/mol. The van der Waals surface area contributed by atoms with Gasteiger partial charge in [-0.3, -0.25) is 4.79 Å². The zero-order valence-corrected chi connectivity index (χ0v) is 18.4. The average molecular weight is 490 g/mol. The number of aromatic hydroxyl groups is 3. The molecule has 5 atom stereocenters. The lowest BCUT2D eigenvalue weighted by atomic mass is 9.99. The van der Waals surface area contributed by atoms with E-state index in [0.29, 0.717) is 11.1 Å². The van der Waals surface area contributed by atoms with Gasteiger partial charge in [-0.2, -0.15) is 0 Å². The summed E-state index contributed by atoms with van der Waals surface area (Å²) in [6.45, 7) is -0.639. The molecule has 1 aliphatic heterocycles. The van der Waals surface area contributed by atoms with E-state index in [0.717, 1.165) is 6.08 Å². The Hall–Kier alpha value is -3.48. The second-order valence-electron chi connectivity index (χ2n) is 7.82. The number of carbonyl (C=O) groups is 2. The van der Waals surface area contributed by atoms with Gasteiger partial charge in [-0.05, 0) is 48.0 Å². The summed E-state index contributed by atoms with van der Waals surface area (Å²) in [5, 5.41) is 58.5. The van der Waals surface area contributed by atoms with Crippen molar-refractivity contribution < 1.29 is 54.4 Å². The van der Waals surface area contributed by atoms with E-state index in [-0.39, 0.29) is 36.1 Å². The van der Waals surface area contributed by atoms with Gasteiger partial charge in [0.25, 0.3) is 0 Å². The highest BCUT2D eigenvalue weighted by molar-refractivity contribution is 5.96. The molecule has 188 valence electrons. The second kappa shape index (κ2) is 11.8. The first-order chi connectivity index (χ1) is 16.7. The lowest BCUT2D eigenvalue weighted by molar-refractivity contribution is -0.301. The minimum absolute atomic E-state index is 0.0194. The number of aliphatic hydroxyl groups excluding tert-OH is 3. The number of carbonyl (C=O) groups excluding carboxylic acids is 2. The van der Waals surface area contributed by atoms with Crippen LogP contribution >= 0.6 is 0 Å². The number of phenolic OH excluding ortho intramolecular Hbond substituents is 3. The van der Waals surface area contributed by atoms with Crippen LogP contribution in [0.1, 0.15) is 22.3 Å². The molecule has 0 radical (unpaired) electrons. The highest BCUT2D eigenvalue weighted by atomic mass is 16.7. The van der Waals surface area contributed by atoms with Gasteiger partial charge in [0.1, 0.15) is 36.8 Å². The van der Waals surface area contributed by atoms with Crippen LogP contribution in [0.25, 0.3) is 6.08 Å². The molecular formula is C24H26O11. The Morgan fingerprint density at radius 3 is 2.31 bits per heavy atom. The topological polar surface area (TPSA) is 183 Å². The van der Waals surface area contributed by atoms with E-state index in [2.05, 4.69) is 0 Å². The normalized spacial score (nSPS) is 24.4. The Balaban J connectivity index is 1.50. The molecule has 0 saturated carbocycles. The van der Waals surface area contributed by atoms with Gasteiger partial charge in [0.05, 0.1) is 6.61 Å². The number of ketones is 1. The zero-order valence-electron chi connectivity index (χ0n) is 18.4. The van der Waals surface area contributed by atoms with E-state index < -0.39 is 43.3 Å². The molecule has 0 bridgehead atoms. The van der Waals surface area contributed by atoms with Crippen molar-refractivity contribution in [3.05, 3.63) is 59.7 Å². The molecule has 3 rings (SSSR count). The molecule has 6 N–H and O–H groups in total. The number of esters is 1. The molecule has 1 saturated heterocycles. The molecule has 0 unspecified atom stereocenters. The van der Waals surface area contributed by atoms with Crippen LogP contribution in [0.5, 0.6) is 17.2 Å². The van der Waals surface area contributed by atoms with Crippen molar-refractivity contribution >= 4 is 17.8 Å². The molecule has 35 heavy (non-hydrogen) atoms. The highest BCUT2D eigenvalue weighted by Gasteiger charge is 2.44. The number of hydrogen-bond acceptors (Lipinski definition) is 11. The number of benzene rings is 2. The van der Waals surface area contributed by atoms with Crippen LogP contribution in [0.2, 0.25) is 0 Å². The van der Waals surface area contributed by atoms with Crippen LogP contribution in [0.4, 0.5) is 0 Å². The van der Waals surface area contributed by atoms with Crippen LogP contribution in [0.3, 0.4) is 0 Å². The maximum Gasteiger partial charge on any atom is 0.330 e. The Morgan fingerprint density at radius 2 is 1.63 bits per heavy atom. The summed E-state index contributed by atoms with van der Waals surface area (Å²) < 4.78 is 15.8. The summed E-state index contributed by atoms with van der Waals surface area (Å²) in [6, 6.07) is 9.58. The van der Waals surface area contributed by atoms with Gasteiger partial charge in [0.2, 0.25) is 0 Å². The van der Waals surface area contributed by atoms with Crippen molar-refractivity contribution in [2.45, 2.75) is 37.1 Å². The van der Waals surface area contributed by atoms with E-state index >= 15 is 0 Å². The first kappa shape index (κ1) is 26.1. The van der Waals surface area contributed by atoms with E-state index in [1.165, 1.54) is 48.5 Å². The molecule has 0 aromatic heterocycles. The number of Topliss-reactive ketones (excluding diaryl/α,β-unsaturated/α-hetero) is 1. The van der Waals surface area contributed by atoms with Crippen LogP contribution in [0.15, 0.2) is 48.5 Å². The van der Waals surface area contributed by atoms with E-state index in [1.807, 2.05) is 0 Å². The maximum absolute atomic E-state index is 12.2. The first-order valence-corrected chi connectivity index (χ1v) is 10.7. The van der Waals surface area contributed by atoms with Gasteiger partial charge < -0.3 is 44.8 Å². The molecule has 11 nitrogen and oxygen atoms in total. The molecule has 2 aromatic carbocycles. The summed E-state index contributed by atoms with van der Waals surface area (Å²) in [7, 11) is 0. The molecule has 1 fully saturated rings. The minimum Gasteiger partial charge on any atom is -0.508 e. The number of phenols is 3. The SMILES string of the molecule is O=C(/C=C/c1ccc(O)c(O)c1)OC[C@H]1O[C@@H](OCCC(=O)c2ccc(O)cc2)[C@H](O)[C@@H](O)[C@@H]1O. The van der Waals surface area contributed by atoms with Gasteiger partial charge in [0, 0.05) is 18.1 Å². The summed E-state index contributed by atoms with van der Waals surface area (Å²) in [4.78, 5) is 24.2. The lowest BCUT2D eigenvalue weighted by Crippen LogP contribution is -2.59. The van der Waals surface area contributed by atoms with Gasteiger partial charge in [0.15, 0.2) is 23.6 Å². The van der Waals surface area contributed by atoms with Crippen molar-refractivity contribution in [3.8, 4) is 17.2 Å². The number of aliphatic hydroxyl groups is 3. The third-order valence-corrected chi connectivity index (χ3v) is 5.27. The van der Waals surface area contributed by atoms with Crippen LogP contribution in [-0.4, -0.2) is 86.3 Å². The molecule has 1 heterocycles. The summed E-state index contributed by atoms with van der Waals surface area (Å²) in [5.41, 5.74) is 0.771. The Morgan fingerprint density at radius 1 is 0.914 bits per heavy atom. The summed E-state index contributed by atoms with van der Waals surface area (Å²) >= 11 is 0. The Labute approximate surface area is 200 Å². The van der Waals surface area contributed by atoms with E-state index in [4.69, 9.17) is 14.2 Å². The van der Waals surface area contributed by atoms with E-state index in [1.54, 1.807) is 0 Å². The number of hydrogen-bond donors (Lipinski definition) is 6. The maximum atomic E-state index is 12.2. The van der Waals surface area contributed by atoms with Gasteiger partial charge >= 0.3 is 5.97 Å². The standard InChI is InChI=1S/C24H26O11/c25-15-5-3-14(4-6-15)16(26)9-10-33-24-23(32)22(31)21(30)19(35-24)12-34-20(29)8-2-13-1-7-17(27)18(28)11-13/h1-8,11,19,21-25,27-28,30-32H,9-10,12H2/b8-2+/t19-,21-,22+,23-,24-/m1/s1. The summed E-state index contributed by atoms with van der Waals surface area (Å²) in [5.74, 6) is -1.75. The number of ether oxygens (including phenoxy) is 3. The fourth-order valence-corrected chi connectivity index (χ4v) is 3.27. The van der Waals surface area contributed by atoms with Gasteiger partial charge in [-0.25, -0.2) is 4.79 Å². The largest absolute Gasteiger partial charge is 0.508 e. The van der Waals surface area contributed by atoms with Crippen molar-refractivity contribution in [2.24, 2.45) is 0 Å². The van der Waals surface area contributed by atoms with Gasteiger partial charge in [-0.1, -0.05) is 6.07 Å². The lowest BCUT2D eigenvalue weighted by Gasteiger charge is -2.39. The molecule has 0 aliphatic carbocycles. The average Bonchev–Trinajstić information content (AvgIpc) is 2.84. The fraction of sp³-hybridized carbons (Fsp3) is 0.333.